The van der Waals surface area contributed by atoms with Gasteiger partial charge in [-0.2, -0.15) is 0 Å². The van der Waals surface area contributed by atoms with Gasteiger partial charge in [0.25, 0.3) is 0 Å². The van der Waals surface area contributed by atoms with E-state index in [1.807, 2.05) is 0 Å². The molecule has 1 aromatic carbocycles. The summed E-state index contributed by atoms with van der Waals surface area (Å²) in [5.41, 5.74) is 3.17. The molecule has 1 aromatic rings. The summed E-state index contributed by atoms with van der Waals surface area (Å²) < 4.78 is 26.4. The molecule has 92 valence electrons. The Morgan fingerprint density at radius 3 is 2.76 bits per heavy atom. The van der Waals surface area contributed by atoms with Crippen LogP contribution in [-0.4, -0.2) is 0 Å². The maximum absolute atomic E-state index is 13.4. The van der Waals surface area contributed by atoms with Crippen molar-refractivity contribution in [1.82, 2.24) is 5.43 Å². The Kier molecular flexibility index (Phi) is 5.56. The molecule has 0 fully saturated rings. The zero-order valence-electron chi connectivity index (χ0n) is 9.36. The van der Waals surface area contributed by atoms with Crippen molar-refractivity contribution < 1.29 is 8.78 Å². The van der Waals surface area contributed by atoms with Crippen molar-refractivity contribution in [3.05, 3.63) is 33.8 Å². The van der Waals surface area contributed by atoms with Crippen molar-refractivity contribution in [3.8, 4) is 11.8 Å². The van der Waals surface area contributed by atoms with E-state index >= 15 is 0 Å². The molecule has 0 aliphatic rings. The van der Waals surface area contributed by atoms with Crippen LogP contribution in [0.15, 0.2) is 16.6 Å². The van der Waals surface area contributed by atoms with Gasteiger partial charge in [0.1, 0.15) is 0 Å². The van der Waals surface area contributed by atoms with E-state index in [9.17, 15) is 8.78 Å². The summed E-state index contributed by atoms with van der Waals surface area (Å²) in [6.45, 7) is 1.75. The molecule has 0 aliphatic heterocycles. The van der Waals surface area contributed by atoms with Crippen LogP contribution < -0.4 is 11.3 Å². The lowest BCUT2D eigenvalue weighted by Gasteiger charge is -2.17. The van der Waals surface area contributed by atoms with Gasteiger partial charge in [-0.3, -0.25) is 11.3 Å². The van der Waals surface area contributed by atoms with Crippen LogP contribution in [0.4, 0.5) is 8.78 Å². The molecular formula is C12H13BrF2N2. The molecule has 0 aromatic heterocycles. The summed E-state index contributed by atoms with van der Waals surface area (Å²) in [5, 5.41) is 0. The van der Waals surface area contributed by atoms with E-state index in [1.165, 1.54) is 6.07 Å². The van der Waals surface area contributed by atoms with Crippen LogP contribution in [0, 0.1) is 23.5 Å². The first kappa shape index (κ1) is 14.1. The minimum atomic E-state index is -0.899. The summed E-state index contributed by atoms with van der Waals surface area (Å²) in [6.07, 6.45) is 1.26. The Morgan fingerprint density at radius 2 is 2.18 bits per heavy atom. The lowest BCUT2D eigenvalue weighted by Crippen LogP contribution is -2.28. The molecule has 0 radical (unpaired) electrons. The summed E-state index contributed by atoms with van der Waals surface area (Å²) in [5.74, 6) is 9.29. The molecule has 0 heterocycles. The van der Waals surface area contributed by atoms with Gasteiger partial charge in [0.05, 0.1) is 4.47 Å². The van der Waals surface area contributed by atoms with Gasteiger partial charge in [-0.05, 0) is 40.9 Å². The van der Waals surface area contributed by atoms with Crippen LogP contribution in [0.3, 0.4) is 0 Å². The van der Waals surface area contributed by atoms with E-state index in [4.69, 9.17) is 5.84 Å². The Balaban J connectivity index is 2.94. The second-order valence-corrected chi connectivity index (χ2v) is 4.24. The fourth-order valence-corrected chi connectivity index (χ4v) is 2.08. The molecule has 2 nitrogen and oxygen atoms in total. The van der Waals surface area contributed by atoms with E-state index in [2.05, 4.69) is 33.2 Å². The Bertz CT molecular complexity index is 452. The standard InChI is InChI=1S/C12H13BrF2N2/c1-2-3-4-5-10(17-16)8-6-7-9(14)12(15)11(8)13/h6-7,10,17H,4-5,16H2,1H3. The third kappa shape index (κ3) is 3.50. The average Bonchev–Trinajstić information content (AvgIpc) is 2.33. The van der Waals surface area contributed by atoms with Gasteiger partial charge in [-0.25, -0.2) is 8.78 Å². The fourth-order valence-electron chi connectivity index (χ4n) is 1.48. The first-order chi connectivity index (χ1) is 8.11. The third-order valence-corrected chi connectivity index (χ3v) is 3.18. The topological polar surface area (TPSA) is 38.0 Å². The summed E-state index contributed by atoms with van der Waals surface area (Å²) in [4.78, 5) is 0. The largest absolute Gasteiger partial charge is 0.271 e. The van der Waals surface area contributed by atoms with E-state index in [0.29, 0.717) is 18.4 Å². The van der Waals surface area contributed by atoms with E-state index < -0.39 is 11.6 Å². The van der Waals surface area contributed by atoms with Crippen LogP contribution >= 0.6 is 15.9 Å². The monoisotopic (exact) mass is 302 g/mol. The Hall–Kier alpha value is -0.960. The molecule has 1 atom stereocenters. The third-order valence-electron chi connectivity index (χ3n) is 2.38. The second-order valence-electron chi connectivity index (χ2n) is 3.45. The predicted molar refractivity (Wildman–Crippen MR) is 66.8 cm³/mol. The molecular weight excluding hydrogens is 290 g/mol. The molecule has 0 saturated heterocycles. The van der Waals surface area contributed by atoms with Gasteiger partial charge in [-0.15, -0.1) is 11.8 Å². The number of nitrogens with one attached hydrogen (secondary N) is 1. The van der Waals surface area contributed by atoms with Crippen molar-refractivity contribution in [1.29, 1.82) is 0 Å². The highest BCUT2D eigenvalue weighted by Gasteiger charge is 2.17. The number of benzene rings is 1. The van der Waals surface area contributed by atoms with E-state index in [0.717, 1.165) is 6.07 Å². The quantitative estimate of drug-likeness (QED) is 0.388. The van der Waals surface area contributed by atoms with Gasteiger partial charge in [-0.1, -0.05) is 6.07 Å². The van der Waals surface area contributed by atoms with Crippen LogP contribution in [0.2, 0.25) is 0 Å². The second kappa shape index (κ2) is 6.70. The normalized spacial score (nSPS) is 11.8. The van der Waals surface area contributed by atoms with Gasteiger partial charge < -0.3 is 0 Å². The summed E-state index contributed by atoms with van der Waals surface area (Å²) in [6, 6.07) is 2.33. The van der Waals surface area contributed by atoms with Gasteiger partial charge in [0.2, 0.25) is 0 Å². The van der Waals surface area contributed by atoms with Crippen LogP contribution in [0.5, 0.6) is 0 Å². The van der Waals surface area contributed by atoms with Crippen LogP contribution in [0.1, 0.15) is 31.4 Å². The van der Waals surface area contributed by atoms with E-state index in [1.54, 1.807) is 6.92 Å². The fraction of sp³-hybridized carbons (Fsp3) is 0.333. The number of hydrogen-bond acceptors (Lipinski definition) is 2. The molecule has 17 heavy (non-hydrogen) atoms. The Morgan fingerprint density at radius 1 is 1.47 bits per heavy atom. The summed E-state index contributed by atoms with van der Waals surface area (Å²) in [7, 11) is 0. The molecule has 1 rings (SSSR count). The zero-order chi connectivity index (χ0) is 12.8. The highest BCUT2D eigenvalue weighted by Crippen LogP contribution is 2.29. The molecule has 0 aliphatic carbocycles. The Labute approximate surface area is 108 Å². The molecule has 3 N–H and O–H groups in total. The first-order valence-electron chi connectivity index (χ1n) is 5.11. The van der Waals surface area contributed by atoms with Crippen molar-refractivity contribution in [3.63, 3.8) is 0 Å². The minimum Gasteiger partial charge on any atom is -0.271 e. The highest BCUT2D eigenvalue weighted by molar-refractivity contribution is 9.10. The van der Waals surface area contributed by atoms with Gasteiger partial charge >= 0.3 is 0 Å². The molecule has 0 amide bonds. The van der Waals surface area contributed by atoms with Crippen LogP contribution in [-0.2, 0) is 0 Å². The first-order valence-corrected chi connectivity index (χ1v) is 5.90. The number of hydrazine groups is 1. The van der Waals surface area contributed by atoms with E-state index in [-0.39, 0.29) is 10.5 Å². The van der Waals surface area contributed by atoms with Gasteiger partial charge in [0.15, 0.2) is 11.6 Å². The van der Waals surface area contributed by atoms with Crippen LogP contribution in [0.25, 0.3) is 0 Å². The van der Waals surface area contributed by atoms with Crippen molar-refractivity contribution in [2.45, 2.75) is 25.8 Å². The lowest BCUT2D eigenvalue weighted by atomic mass is 10.0. The lowest BCUT2D eigenvalue weighted by molar-refractivity contribution is 0.485. The number of nitrogens with two attached hydrogens (primary N) is 1. The molecule has 0 spiro atoms. The molecule has 0 saturated carbocycles. The predicted octanol–water partition coefficient (Wildman–Crippen LogP) is 3.04. The molecule has 0 bridgehead atoms. The number of hydrogen-bond donors (Lipinski definition) is 2. The SMILES string of the molecule is CC#CCCC(NN)c1ccc(F)c(F)c1Br. The maximum atomic E-state index is 13.4. The number of rotatable bonds is 4. The molecule has 1 unspecified atom stereocenters. The van der Waals surface area contributed by atoms with Gasteiger partial charge in [0, 0.05) is 12.5 Å². The zero-order valence-corrected chi connectivity index (χ0v) is 10.9. The number of halogens is 3. The van der Waals surface area contributed by atoms with Crippen molar-refractivity contribution >= 4 is 15.9 Å². The highest BCUT2D eigenvalue weighted by atomic mass is 79.9. The smallest absolute Gasteiger partial charge is 0.173 e. The molecule has 5 heteroatoms. The minimum absolute atomic E-state index is 0.102. The maximum Gasteiger partial charge on any atom is 0.173 e. The van der Waals surface area contributed by atoms with Crippen molar-refractivity contribution in [2.75, 3.05) is 0 Å². The average molecular weight is 303 g/mol. The van der Waals surface area contributed by atoms with Crippen molar-refractivity contribution in [2.24, 2.45) is 5.84 Å². The summed E-state index contributed by atoms with van der Waals surface area (Å²) >= 11 is 3.03.